The van der Waals surface area contributed by atoms with Crippen LogP contribution >= 0.6 is 0 Å². The van der Waals surface area contributed by atoms with Crippen LogP contribution < -0.4 is 10.2 Å². The first-order valence-corrected chi connectivity index (χ1v) is 7.87. The van der Waals surface area contributed by atoms with Crippen molar-refractivity contribution in [3.05, 3.63) is 29.8 Å². The third kappa shape index (κ3) is 3.70. The lowest BCUT2D eigenvalue weighted by atomic mass is 9.92. The molecule has 128 valence electrons. The summed E-state index contributed by atoms with van der Waals surface area (Å²) >= 11 is 0. The van der Waals surface area contributed by atoms with Crippen molar-refractivity contribution >= 4 is 17.6 Å². The minimum absolute atomic E-state index is 0.148. The molecule has 0 aliphatic carbocycles. The molecule has 1 aliphatic rings. The third-order valence-corrected chi connectivity index (χ3v) is 3.74. The van der Waals surface area contributed by atoms with E-state index in [1.165, 1.54) is 6.33 Å². The zero-order chi connectivity index (χ0) is 17.2. The number of carbonyl (C=O) groups is 1. The molecule has 2 aromatic heterocycles. The summed E-state index contributed by atoms with van der Waals surface area (Å²) in [4.78, 5) is 22.7. The molecule has 0 aromatic carbocycles. The van der Waals surface area contributed by atoms with Gasteiger partial charge in [0.25, 0.3) is 5.91 Å². The largest absolute Gasteiger partial charge is 0.378 e. The number of aromatic nitrogens is 3. The Bertz CT molecular complexity index is 716. The maximum atomic E-state index is 12.4. The first kappa shape index (κ1) is 16.4. The molecule has 1 amide bonds. The second kappa shape index (κ2) is 6.56. The van der Waals surface area contributed by atoms with Crippen molar-refractivity contribution in [3.63, 3.8) is 0 Å². The summed E-state index contributed by atoms with van der Waals surface area (Å²) in [6.07, 6.45) is 1.39. The Hall–Kier alpha value is -2.48. The molecule has 0 spiro atoms. The van der Waals surface area contributed by atoms with Gasteiger partial charge in [-0.05, 0) is 0 Å². The van der Waals surface area contributed by atoms with Gasteiger partial charge in [0.15, 0.2) is 0 Å². The van der Waals surface area contributed by atoms with Gasteiger partial charge in [-0.2, -0.15) is 0 Å². The van der Waals surface area contributed by atoms with Crippen molar-refractivity contribution in [2.75, 3.05) is 36.5 Å². The van der Waals surface area contributed by atoms with Crippen LogP contribution in [-0.4, -0.2) is 47.3 Å². The maximum Gasteiger partial charge on any atom is 0.276 e. The van der Waals surface area contributed by atoms with Crippen LogP contribution in [0.5, 0.6) is 0 Å². The van der Waals surface area contributed by atoms with E-state index >= 15 is 0 Å². The van der Waals surface area contributed by atoms with Crippen molar-refractivity contribution < 1.29 is 14.1 Å². The lowest BCUT2D eigenvalue weighted by Crippen LogP contribution is -2.37. The number of carbonyl (C=O) groups excluding carboxylic acids is 1. The highest BCUT2D eigenvalue weighted by Crippen LogP contribution is 2.24. The van der Waals surface area contributed by atoms with Crippen LogP contribution in [0.15, 0.2) is 23.0 Å². The topological polar surface area (TPSA) is 93.4 Å². The van der Waals surface area contributed by atoms with E-state index < -0.39 is 0 Å². The van der Waals surface area contributed by atoms with E-state index in [2.05, 4.69) is 25.3 Å². The lowest BCUT2D eigenvalue weighted by Gasteiger charge is -2.27. The van der Waals surface area contributed by atoms with Gasteiger partial charge in [-0.3, -0.25) is 10.1 Å². The molecule has 1 aliphatic heterocycles. The van der Waals surface area contributed by atoms with E-state index in [9.17, 15) is 4.79 Å². The van der Waals surface area contributed by atoms with E-state index in [-0.39, 0.29) is 17.0 Å². The Labute approximate surface area is 140 Å². The number of amides is 1. The quantitative estimate of drug-likeness (QED) is 0.917. The molecule has 8 nitrogen and oxygen atoms in total. The highest BCUT2D eigenvalue weighted by Gasteiger charge is 2.21. The summed E-state index contributed by atoms with van der Waals surface area (Å²) in [5.74, 6) is 0.659. The Balaban J connectivity index is 1.72. The lowest BCUT2D eigenvalue weighted by molar-refractivity contribution is 0.101. The van der Waals surface area contributed by atoms with Crippen molar-refractivity contribution in [1.82, 2.24) is 15.1 Å². The van der Waals surface area contributed by atoms with E-state index in [1.54, 1.807) is 12.1 Å². The van der Waals surface area contributed by atoms with Gasteiger partial charge in [0.05, 0.1) is 18.9 Å². The average molecular weight is 331 g/mol. The SMILES string of the molecule is CC(C)(C)c1cc(NC(=O)c2cc(N3CCOCC3)ncn2)on1. The summed E-state index contributed by atoms with van der Waals surface area (Å²) in [6.45, 7) is 8.86. The van der Waals surface area contributed by atoms with Crippen LogP contribution in [0.1, 0.15) is 37.0 Å². The molecule has 3 rings (SSSR count). The fraction of sp³-hybridized carbons (Fsp3) is 0.500. The monoisotopic (exact) mass is 331 g/mol. The van der Waals surface area contributed by atoms with Gasteiger partial charge in [-0.1, -0.05) is 25.9 Å². The molecule has 0 unspecified atom stereocenters. The summed E-state index contributed by atoms with van der Waals surface area (Å²) in [5, 5.41) is 6.66. The number of anilines is 2. The molecule has 1 fully saturated rings. The number of nitrogens with zero attached hydrogens (tertiary/aromatic N) is 4. The molecule has 0 bridgehead atoms. The second-order valence-electron chi connectivity index (χ2n) is 6.64. The van der Waals surface area contributed by atoms with Gasteiger partial charge < -0.3 is 14.2 Å². The number of morpholine rings is 1. The number of ether oxygens (including phenoxy) is 1. The number of hydrogen-bond donors (Lipinski definition) is 1. The molecular weight excluding hydrogens is 310 g/mol. The van der Waals surface area contributed by atoms with Gasteiger partial charge in [-0.25, -0.2) is 9.97 Å². The van der Waals surface area contributed by atoms with E-state index in [0.717, 1.165) is 18.8 Å². The standard InChI is InChI=1S/C16H21N5O3/c1-16(2,3)12-9-14(24-20-12)19-15(22)11-8-13(18-10-17-11)21-4-6-23-7-5-21/h8-10H,4-7H2,1-3H3,(H,19,22). The Kier molecular flexibility index (Phi) is 4.48. The highest BCUT2D eigenvalue weighted by molar-refractivity contribution is 6.02. The van der Waals surface area contributed by atoms with Crippen LogP contribution in [-0.2, 0) is 10.2 Å². The first-order valence-electron chi connectivity index (χ1n) is 7.87. The van der Waals surface area contributed by atoms with Crippen molar-refractivity contribution in [2.45, 2.75) is 26.2 Å². The van der Waals surface area contributed by atoms with Crippen LogP contribution in [0.3, 0.4) is 0 Å². The normalized spacial score (nSPS) is 15.4. The number of nitrogens with one attached hydrogen (secondary N) is 1. The fourth-order valence-corrected chi connectivity index (χ4v) is 2.30. The minimum Gasteiger partial charge on any atom is -0.378 e. The number of rotatable bonds is 3. The summed E-state index contributed by atoms with van der Waals surface area (Å²) in [6, 6.07) is 3.39. The van der Waals surface area contributed by atoms with Gasteiger partial charge in [-0.15, -0.1) is 0 Å². The minimum atomic E-state index is -0.358. The molecule has 24 heavy (non-hydrogen) atoms. The van der Waals surface area contributed by atoms with Crippen molar-refractivity contribution in [2.24, 2.45) is 0 Å². The summed E-state index contributed by atoms with van der Waals surface area (Å²) < 4.78 is 10.5. The first-order chi connectivity index (χ1) is 11.4. The molecule has 8 heteroatoms. The van der Waals surface area contributed by atoms with Crippen LogP contribution in [0.4, 0.5) is 11.7 Å². The summed E-state index contributed by atoms with van der Waals surface area (Å²) in [7, 11) is 0. The highest BCUT2D eigenvalue weighted by atomic mass is 16.5. The van der Waals surface area contributed by atoms with Gasteiger partial charge in [0.2, 0.25) is 5.88 Å². The molecule has 0 atom stereocenters. The molecule has 2 aromatic rings. The van der Waals surface area contributed by atoms with Crippen LogP contribution in [0.2, 0.25) is 0 Å². The van der Waals surface area contributed by atoms with Gasteiger partial charge in [0.1, 0.15) is 17.8 Å². The van der Waals surface area contributed by atoms with Crippen LogP contribution in [0, 0.1) is 0 Å². The molecule has 1 N–H and O–H groups in total. The molecule has 3 heterocycles. The average Bonchev–Trinajstić information content (AvgIpc) is 3.05. The Morgan fingerprint density at radius 3 is 2.62 bits per heavy atom. The van der Waals surface area contributed by atoms with Gasteiger partial charge in [0, 0.05) is 30.6 Å². The zero-order valence-electron chi connectivity index (χ0n) is 14.1. The summed E-state index contributed by atoms with van der Waals surface area (Å²) in [5.41, 5.74) is 0.903. The van der Waals surface area contributed by atoms with Crippen molar-refractivity contribution in [1.29, 1.82) is 0 Å². The Morgan fingerprint density at radius 2 is 1.96 bits per heavy atom. The van der Waals surface area contributed by atoms with E-state index in [4.69, 9.17) is 9.26 Å². The predicted octanol–water partition coefficient (Wildman–Crippen LogP) is 1.85. The fourth-order valence-electron chi connectivity index (χ4n) is 2.30. The third-order valence-electron chi connectivity index (χ3n) is 3.74. The van der Waals surface area contributed by atoms with Gasteiger partial charge >= 0.3 is 0 Å². The van der Waals surface area contributed by atoms with E-state index in [1.807, 2.05) is 20.8 Å². The second-order valence-corrected chi connectivity index (χ2v) is 6.64. The predicted molar refractivity (Wildman–Crippen MR) is 88.2 cm³/mol. The molecule has 0 saturated carbocycles. The van der Waals surface area contributed by atoms with Crippen molar-refractivity contribution in [3.8, 4) is 0 Å². The smallest absolute Gasteiger partial charge is 0.276 e. The number of hydrogen-bond acceptors (Lipinski definition) is 7. The molecular formula is C16H21N5O3. The van der Waals surface area contributed by atoms with E-state index in [0.29, 0.717) is 24.9 Å². The van der Waals surface area contributed by atoms with Crippen LogP contribution in [0.25, 0.3) is 0 Å². The molecule has 1 saturated heterocycles. The zero-order valence-corrected chi connectivity index (χ0v) is 14.1. The Morgan fingerprint density at radius 1 is 1.21 bits per heavy atom. The maximum absolute atomic E-state index is 12.4. The molecule has 0 radical (unpaired) electrons.